The van der Waals surface area contributed by atoms with Crippen molar-refractivity contribution in [1.82, 2.24) is 9.97 Å². The zero-order chi connectivity index (χ0) is 7.23. The summed E-state index contributed by atoms with van der Waals surface area (Å²) in [7, 11) is 0. The Balaban J connectivity index is 2.76. The van der Waals surface area contributed by atoms with Crippen LogP contribution in [0.5, 0.6) is 0 Å². The van der Waals surface area contributed by atoms with Crippen molar-refractivity contribution in [3.05, 3.63) is 24.3 Å². The predicted octanol–water partition coefficient (Wildman–Crippen LogP) is -0.213. The van der Waals surface area contributed by atoms with E-state index < -0.39 is 0 Å². The molecule has 2 N–H and O–H groups in total. The molecule has 1 aromatic heterocycles. The molecule has 0 aliphatic rings. The molecule has 0 aliphatic heterocycles. The third-order valence-electron chi connectivity index (χ3n) is 0.882. The van der Waals surface area contributed by atoms with Crippen molar-refractivity contribution in [2.45, 2.75) is 0 Å². The molecule has 0 radical (unpaired) electrons. The van der Waals surface area contributed by atoms with Crippen molar-refractivity contribution in [2.24, 2.45) is 5.73 Å². The maximum atomic E-state index is 5.15. The smallest absolute Gasteiger partial charge is 0.131 e. The van der Waals surface area contributed by atoms with Crippen LogP contribution in [-0.4, -0.2) is 16.5 Å². The van der Waals surface area contributed by atoms with Gasteiger partial charge in [0.2, 0.25) is 0 Å². The van der Waals surface area contributed by atoms with E-state index in [-0.39, 0.29) is 0 Å². The molecule has 50 valence electrons. The SMILES string of the molecule is NCC#Cc1cnccn1. The van der Waals surface area contributed by atoms with E-state index in [1.165, 1.54) is 0 Å². The summed E-state index contributed by atoms with van der Waals surface area (Å²) in [6.07, 6.45) is 4.80. The molecule has 0 saturated heterocycles. The van der Waals surface area contributed by atoms with E-state index in [0.29, 0.717) is 12.2 Å². The minimum Gasteiger partial charge on any atom is -0.320 e. The van der Waals surface area contributed by atoms with Gasteiger partial charge in [-0.15, -0.1) is 0 Å². The van der Waals surface area contributed by atoms with Crippen LogP contribution in [0.25, 0.3) is 0 Å². The summed E-state index contributed by atoms with van der Waals surface area (Å²) < 4.78 is 0. The molecule has 1 rings (SSSR count). The highest BCUT2D eigenvalue weighted by molar-refractivity contribution is 5.24. The Morgan fingerprint density at radius 3 is 3.00 bits per heavy atom. The van der Waals surface area contributed by atoms with Crippen LogP contribution in [0, 0.1) is 11.8 Å². The molecule has 1 aromatic rings. The van der Waals surface area contributed by atoms with Crippen molar-refractivity contribution in [2.75, 3.05) is 6.54 Å². The first-order chi connectivity index (χ1) is 4.93. The third kappa shape index (κ3) is 1.84. The van der Waals surface area contributed by atoms with Crippen LogP contribution < -0.4 is 5.73 Å². The fourth-order valence-corrected chi connectivity index (χ4v) is 0.505. The summed E-state index contributed by atoms with van der Waals surface area (Å²) in [4.78, 5) is 7.76. The fraction of sp³-hybridized carbons (Fsp3) is 0.143. The molecule has 0 aliphatic carbocycles. The number of rotatable bonds is 0. The van der Waals surface area contributed by atoms with Gasteiger partial charge in [-0.1, -0.05) is 5.92 Å². The largest absolute Gasteiger partial charge is 0.320 e. The second-order valence-electron chi connectivity index (χ2n) is 1.60. The van der Waals surface area contributed by atoms with Gasteiger partial charge in [0.1, 0.15) is 5.69 Å². The van der Waals surface area contributed by atoms with E-state index in [1.807, 2.05) is 0 Å². The number of hydrogen-bond acceptors (Lipinski definition) is 3. The average Bonchev–Trinajstić information content (AvgIpc) is 2.03. The molecule has 0 unspecified atom stereocenters. The third-order valence-corrected chi connectivity index (χ3v) is 0.882. The molecular weight excluding hydrogens is 126 g/mol. The Morgan fingerprint density at radius 2 is 2.40 bits per heavy atom. The van der Waals surface area contributed by atoms with Gasteiger partial charge in [-0.05, 0) is 5.92 Å². The molecule has 0 aromatic carbocycles. The highest BCUT2D eigenvalue weighted by Gasteiger charge is 1.81. The first-order valence-electron chi connectivity index (χ1n) is 2.88. The minimum atomic E-state index is 0.358. The predicted molar refractivity (Wildman–Crippen MR) is 38.0 cm³/mol. The number of hydrogen-bond donors (Lipinski definition) is 1. The number of aromatic nitrogens is 2. The first-order valence-corrected chi connectivity index (χ1v) is 2.88. The average molecular weight is 133 g/mol. The summed E-state index contributed by atoms with van der Waals surface area (Å²) >= 11 is 0. The monoisotopic (exact) mass is 133 g/mol. The zero-order valence-electron chi connectivity index (χ0n) is 5.41. The normalized spacial score (nSPS) is 8.10. The van der Waals surface area contributed by atoms with Gasteiger partial charge in [-0.25, -0.2) is 4.98 Å². The quantitative estimate of drug-likeness (QED) is 0.498. The fourth-order valence-electron chi connectivity index (χ4n) is 0.505. The van der Waals surface area contributed by atoms with Crippen LogP contribution in [0.2, 0.25) is 0 Å². The van der Waals surface area contributed by atoms with Gasteiger partial charge in [0.25, 0.3) is 0 Å². The molecular formula is C7H7N3. The van der Waals surface area contributed by atoms with E-state index in [9.17, 15) is 0 Å². The van der Waals surface area contributed by atoms with Crippen LogP contribution >= 0.6 is 0 Å². The molecule has 0 spiro atoms. The highest BCUT2D eigenvalue weighted by Crippen LogP contribution is 1.83. The zero-order valence-corrected chi connectivity index (χ0v) is 5.41. The lowest BCUT2D eigenvalue weighted by molar-refractivity contribution is 1.17. The Labute approximate surface area is 59.3 Å². The molecule has 1 heterocycles. The molecule has 3 heteroatoms. The Hall–Kier alpha value is -1.40. The lowest BCUT2D eigenvalue weighted by atomic mass is 10.4. The van der Waals surface area contributed by atoms with E-state index in [0.717, 1.165) is 0 Å². The van der Waals surface area contributed by atoms with Crippen molar-refractivity contribution < 1.29 is 0 Å². The Kier molecular flexibility index (Phi) is 2.41. The maximum Gasteiger partial charge on any atom is 0.131 e. The maximum absolute atomic E-state index is 5.15. The summed E-state index contributed by atoms with van der Waals surface area (Å²) in [6.45, 7) is 0.358. The van der Waals surface area contributed by atoms with Gasteiger partial charge in [-0.3, -0.25) is 4.98 Å². The molecule has 0 bridgehead atoms. The highest BCUT2D eigenvalue weighted by atomic mass is 14.7. The van der Waals surface area contributed by atoms with Crippen LogP contribution in [0.4, 0.5) is 0 Å². The second-order valence-corrected chi connectivity index (χ2v) is 1.60. The van der Waals surface area contributed by atoms with Gasteiger partial charge < -0.3 is 5.73 Å². The van der Waals surface area contributed by atoms with Crippen molar-refractivity contribution in [3.8, 4) is 11.8 Å². The number of nitrogens with two attached hydrogens (primary N) is 1. The van der Waals surface area contributed by atoms with Gasteiger partial charge in [0, 0.05) is 12.4 Å². The van der Waals surface area contributed by atoms with E-state index in [4.69, 9.17) is 5.73 Å². The first kappa shape index (κ1) is 6.72. The van der Waals surface area contributed by atoms with Crippen LogP contribution in [0.1, 0.15) is 5.69 Å². The molecule has 0 amide bonds. The van der Waals surface area contributed by atoms with Gasteiger partial charge in [0.15, 0.2) is 0 Å². The van der Waals surface area contributed by atoms with Crippen molar-refractivity contribution >= 4 is 0 Å². The number of nitrogens with zero attached hydrogens (tertiary/aromatic N) is 2. The molecule has 0 atom stereocenters. The molecule has 3 nitrogen and oxygen atoms in total. The van der Waals surface area contributed by atoms with E-state index in [1.54, 1.807) is 18.6 Å². The van der Waals surface area contributed by atoms with Gasteiger partial charge >= 0.3 is 0 Å². The standard InChI is InChI=1S/C7H7N3/c8-3-1-2-7-6-9-4-5-10-7/h4-6H,3,8H2. The molecule has 0 saturated carbocycles. The summed E-state index contributed by atoms with van der Waals surface area (Å²) in [5.74, 6) is 5.44. The van der Waals surface area contributed by atoms with Crippen molar-refractivity contribution in [3.63, 3.8) is 0 Å². The summed E-state index contributed by atoms with van der Waals surface area (Å²) in [5, 5.41) is 0. The topological polar surface area (TPSA) is 51.8 Å². The Morgan fingerprint density at radius 1 is 1.50 bits per heavy atom. The van der Waals surface area contributed by atoms with Gasteiger partial charge in [0.05, 0.1) is 12.7 Å². The molecule has 10 heavy (non-hydrogen) atoms. The Bertz CT molecular complexity index is 245. The lowest BCUT2D eigenvalue weighted by Gasteiger charge is -1.83. The van der Waals surface area contributed by atoms with Crippen LogP contribution in [0.3, 0.4) is 0 Å². The van der Waals surface area contributed by atoms with E-state index >= 15 is 0 Å². The summed E-state index contributed by atoms with van der Waals surface area (Å²) in [5.41, 5.74) is 5.81. The van der Waals surface area contributed by atoms with Gasteiger partial charge in [-0.2, -0.15) is 0 Å². The minimum absolute atomic E-state index is 0.358. The van der Waals surface area contributed by atoms with E-state index in [2.05, 4.69) is 21.8 Å². The second kappa shape index (κ2) is 3.59. The van der Waals surface area contributed by atoms with Crippen molar-refractivity contribution in [1.29, 1.82) is 0 Å². The van der Waals surface area contributed by atoms with Crippen LogP contribution in [-0.2, 0) is 0 Å². The van der Waals surface area contributed by atoms with Crippen LogP contribution in [0.15, 0.2) is 18.6 Å². The lowest BCUT2D eigenvalue weighted by Crippen LogP contribution is -1.93. The summed E-state index contributed by atoms with van der Waals surface area (Å²) in [6, 6.07) is 0. The molecule has 0 fully saturated rings.